The van der Waals surface area contributed by atoms with E-state index in [0.29, 0.717) is 15.1 Å². The van der Waals surface area contributed by atoms with Crippen molar-refractivity contribution in [3.63, 3.8) is 0 Å². The Morgan fingerprint density at radius 2 is 2.17 bits per heavy atom. The Morgan fingerprint density at radius 1 is 1.58 bits per heavy atom. The van der Waals surface area contributed by atoms with Crippen LogP contribution in [0.5, 0.6) is 0 Å². The van der Waals surface area contributed by atoms with Gasteiger partial charge in [0.2, 0.25) is 0 Å². The molecule has 0 aliphatic carbocycles. The van der Waals surface area contributed by atoms with Gasteiger partial charge in [0.15, 0.2) is 0 Å². The smallest absolute Gasteiger partial charge is 0.127 e. The van der Waals surface area contributed by atoms with Crippen molar-refractivity contribution in [3.05, 3.63) is 40.7 Å². The molecule has 3 heteroatoms. The van der Waals surface area contributed by atoms with Crippen LogP contribution >= 0.6 is 27.5 Å². The highest BCUT2D eigenvalue weighted by Crippen LogP contribution is 2.30. The van der Waals surface area contributed by atoms with Gasteiger partial charge >= 0.3 is 0 Å². The number of hydrogen-bond donors (Lipinski definition) is 0. The minimum absolute atomic E-state index is 0.294. The van der Waals surface area contributed by atoms with Crippen molar-refractivity contribution in [2.45, 2.75) is 6.92 Å². The lowest BCUT2D eigenvalue weighted by Gasteiger charge is -2.05. The second kappa shape index (κ2) is 3.58. The topological polar surface area (TPSA) is 0 Å². The van der Waals surface area contributed by atoms with Crippen LogP contribution in [0.2, 0.25) is 5.02 Å². The molecule has 0 aliphatic heterocycles. The van der Waals surface area contributed by atoms with E-state index in [4.69, 9.17) is 11.6 Å². The quantitative estimate of drug-likeness (QED) is 0.701. The van der Waals surface area contributed by atoms with E-state index in [9.17, 15) is 4.39 Å². The number of halogens is 3. The molecule has 0 saturated heterocycles. The van der Waals surface area contributed by atoms with E-state index in [1.165, 1.54) is 6.07 Å². The Hall–Kier alpha value is -0.340. The predicted octanol–water partition coefficient (Wildman–Crippen LogP) is 4.15. The van der Waals surface area contributed by atoms with Gasteiger partial charge in [-0.1, -0.05) is 34.1 Å². The van der Waals surface area contributed by atoms with Crippen LogP contribution in [0.25, 0.3) is 4.48 Å². The average molecular weight is 250 g/mol. The molecule has 1 aromatic carbocycles. The second-order valence-corrected chi connectivity index (χ2v) is 3.77. The standard InChI is InChI=1S/C9H7BrClF/c1-5-8(12)4-3-7(6(2)10)9(5)11/h3-4H,2H2,1H3. The first-order valence-electron chi connectivity index (χ1n) is 3.33. The molecule has 0 aromatic heterocycles. The normalized spacial score (nSPS) is 10.0. The SMILES string of the molecule is C=C(Br)c1ccc(F)c(C)c1Cl. The highest BCUT2D eigenvalue weighted by Gasteiger charge is 2.08. The van der Waals surface area contributed by atoms with E-state index >= 15 is 0 Å². The molecule has 0 radical (unpaired) electrons. The Morgan fingerprint density at radius 3 is 2.67 bits per heavy atom. The van der Waals surface area contributed by atoms with Gasteiger partial charge in [0.1, 0.15) is 5.82 Å². The molecule has 0 heterocycles. The molecule has 0 amide bonds. The van der Waals surface area contributed by atoms with Crippen molar-refractivity contribution >= 4 is 32.0 Å². The first kappa shape index (κ1) is 9.75. The molecule has 0 bridgehead atoms. The van der Waals surface area contributed by atoms with Gasteiger partial charge in [-0.25, -0.2) is 4.39 Å². The molecule has 1 aromatic rings. The molecule has 0 nitrogen and oxygen atoms in total. The molecule has 0 fully saturated rings. The first-order chi connectivity index (χ1) is 5.54. The summed E-state index contributed by atoms with van der Waals surface area (Å²) in [5, 5.41) is 0.414. The summed E-state index contributed by atoms with van der Waals surface area (Å²) in [5.41, 5.74) is 1.19. The molecule has 0 aliphatic rings. The van der Waals surface area contributed by atoms with Gasteiger partial charge in [0, 0.05) is 15.6 Å². The third-order valence-corrected chi connectivity index (χ3v) is 2.53. The highest BCUT2D eigenvalue weighted by atomic mass is 79.9. The Labute approximate surface area is 84.2 Å². The van der Waals surface area contributed by atoms with Crippen LogP contribution in [0.3, 0.4) is 0 Å². The number of benzene rings is 1. The summed E-state index contributed by atoms with van der Waals surface area (Å²) in [5.74, 6) is -0.294. The maximum Gasteiger partial charge on any atom is 0.127 e. The molecule has 64 valence electrons. The Kier molecular flexibility index (Phi) is 2.91. The molecule has 0 atom stereocenters. The number of hydrogen-bond acceptors (Lipinski definition) is 0. The van der Waals surface area contributed by atoms with Crippen LogP contribution in [0, 0.1) is 12.7 Å². The zero-order chi connectivity index (χ0) is 9.30. The van der Waals surface area contributed by atoms with Gasteiger partial charge in [0.25, 0.3) is 0 Å². The van der Waals surface area contributed by atoms with E-state index in [1.807, 2.05) is 0 Å². The van der Waals surface area contributed by atoms with Gasteiger partial charge in [-0.05, 0) is 19.1 Å². The summed E-state index contributed by atoms with van der Waals surface area (Å²) in [6.45, 7) is 5.30. The van der Waals surface area contributed by atoms with Crippen molar-refractivity contribution in [3.8, 4) is 0 Å². The van der Waals surface area contributed by atoms with E-state index in [2.05, 4.69) is 22.5 Å². The molecule has 0 spiro atoms. The first-order valence-corrected chi connectivity index (χ1v) is 4.50. The second-order valence-electron chi connectivity index (χ2n) is 2.44. The van der Waals surface area contributed by atoms with Crippen LogP contribution < -0.4 is 0 Å². The highest BCUT2D eigenvalue weighted by molar-refractivity contribution is 9.15. The Balaban J connectivity index is 3.36. The summed E-state index contributed by atoms with van der Waals surface area (Å²) in [6, 6.07) is 2.98. The summed E-state index contributed by atoms with van der Waals surface area (Å²) in [4.78, 5) is 0. The lowest BCUT2D eigenvalue weighted by atomic mass is 10.1. The van der Waals surface area contributed by atoms with Gasteiger partial charge in [-0.15, -0.1) is 0 Å². The minimum atomic E-state index is -0.294. The van der Waals surface area contributed by atoms with Gasteiger partial charge in [-0.3, -0.25) is 0 Å². The third-order valence-electron chi connectivity index (χ3n) is 1.61. The van der Waals surface area contributed by atoms with E-state index < -0.39 is 0 Å². The third kappa shape index (κ3) is 1.70. The average Bonchev–Trinajstić information content (AvgIpc) is 2.00. The van der Waals surface area contributed by atoms with Crippen molar-refractivity contribution in [2.75, 3.05) is 0 Å². The van der Waals surface area contributed by atoms with Crippen molar-refractivity contribution in [1.29, 1.82) is 0 Å². The fraction of sp³-hybridized carbons (Fsp3) is 0.111. The van der Waals surface area contributed by atoms with E-state index in [-0.39, 0.29) is 5.82 Å². The zero-order valence-electron chi connectivity index (χ0n) is 6.50. The fourth-order valence-corrected chi connectivity index (χ4v) is 1.58. The van der Waals surface area contributed by atoms with Crippen LogP contribution in [0.15, 0.2) is 18.7 Å². The maximum absolute atomic E-state index is 12.9. The van der Waals surface area contributed by atoms with Gasteiger partial charge in [0.05, 0.1) is 5.02 Å². The van der Waals surface area contributed by atoms with Crippen LogP contribution in [-0.2, 0) is 0 Å². The lowest BCUT2D eigenvalue weighted by Crippen LogP contribution is -1.87. The van der Waals surface area contributed by atoms with Crippen LogP contribution in [0.1, 0.15) is 11.1 Å². The predicted molar refractivity (Wildman–Crippen MR) is 54.1 cm³/mol. The summed E-state index contributed by atoms with van der Waals surface area (Å²) in [6.07, 6.45) is 0. The van der Waals surface area contributed by atoms with Gasteiger partial charge < -0.3 is 0 Å². The summed E-state index contributed by atoms with van der Waals surface area (Å²) in [7, 11) is 0. The molecule has 0 N–H and O–H groups in total. The molecule has 0 unspecified atom stereocenters. The largest absolute Gasteiger partial charge is 0.207 e. The summed E-state index contributed by atoms with van der Waals surface area (Å²) < 4.78 is 13.6. The van der Waals surface area contributed by atoms with Crippen molar-refractivity contribution in [1.82, 2.24) is 0 Å². The molecular weight excluding hydrogens is 242 g/mol. The van der Waals surface area contributed by atoms with Crippen molar-refractivity contribution in [2.24, 2.45) is 0 Å². The number of rotatable bonds is 1. The maximum atomic E-state index is 12.9. The lowest BCUT2D eigenvalue weighted by molar-refractivity contribution is 0.618. The Bertz CT molecular complexity index is 334. The molecular formula is C9H7BrClF. The molecule has 1 rings (SSSR count). The fourth-order valence-electron chi connectivity index (χ4n) is 0.871. The van der Waals surface area contributed by atoms with Crippen LogP contribution in [0.4, 0.5) is 4.39 Å². The molecule has 12 heavy (non-hydrogen) atoms. The van der Waals surface area contributed by atoms with Gasteiger partial charge in [-0.2, -0.15) is 0 Å². The minimum Gasteiger partial charge on any atom is -0.207 e. The zero-order valence-corrected chi connectivity index (χ0v) is 8.84. The van der Waals surface area contributed by atoms with E-state index in [0.717, 1.165) is 5.56 Å². The monoisotopic (exact) mass is 248 g/mol. The summed E-state index contributed by atoms with van der Waals surface area (Å²) >= 11 is 9.05. The van der Waals surface area contributed by atoms with E-state index in [1.54, 1.807) is 13.0 Å². The van der Waals surface area contributed by atoms with Crippen molar-refractivity contribution < 1.29 is 4.39 Å². The van der Waals surface area contributed by atoms with Crippen LogP contribution in [-0.4, -0.2) is 0 Å². The molecule has 0 saturated carbocycles.